The molecule has 1 aromatic rings. The molecule has 0 spiro atoms. The van der Waals surface area contributed by atoms with E-state index in [-0.39, 0.29) is 6.10 Å². The molecule has 1 N–H and O–H groups in total. The molecule has 1 aliphatic rings. The molecule has 0 bridgehead atoms. The van der Waals surface area contributed by atoms with Crippen molar-refractivity contribution in [3.63, 3.8) is 0 Å². The van der Waals surface area contributed by atoms with E-state index in [0.29, 0.717) is 6.61 Å². The summed E-state index contributed by atoms with van der Waals surface area (Å²) in [5, 5.41) is 9.92. The molecule has 0 heterocycles. The third kappa shape index (κ3) is 3.01. The molecule has 0 aromatic heterocycles. The highest BCUT2D eigenvalue weighted by atomic mass is 16.5. The molecular weight excluding hydrogens is 212 g/mol. The monoisotopic (exact) mass is 230 g/mol. The number of fused-ring (bicyclic) bond motifs is 1. The van der Waals surface area contributed by atoms with Crippen LogP contribution in [0.4, 0.5) is 0 Å². The summed E-state index contributed by atoms with van der Waals surface area (Å²) in [5.74, 6) is 6.64. The SMILES string of the molecule is CC#CCCOc1ccc2c(c1)C(O)CCC2. The zero-order chi connectivity index (χ0) is 12.1. The van der Waals surface area contributed by atoms with Crippen LogP contribution in [0.1, 0.15) is 43.4 Å². The van der Waals surface area contributed by atoms with Crippen molar-refractivity contribution in [2.75, 3.05) is 6.61 Å². The van der Waals surface area contributed by atoms with Crippen LogP contribution in [0, 0.1) is 11.8 Å². The lowest BCUT2D eigenvalue weighted by molar-refractivity contribution is 0.156. The third-order valence-corrected chi connectivity index (χ3v) is 3.07. The molecule has 1 aliphatic carbocycles. The fourth-order valence-corrected chi connectivity index (χ4v) is 2.19. The van der Waals surface area contributed by atoms with Crippen molar-refractivity contribution in [3.05, 3.63) is 29.3 Å². The molecule has 2 nitrogen and oxygen atoms in total. The van der Waals surface area contributed by atoms with Crippen molar-refractivity contribution < 1.29 is 9.84 Å². The van der Waals surface area contributed by atoms with Gasteiger partial charge in [-0.05, 0) is 49.4 Å². The maximum atomic E-state index is 9.92. The Morgan fingerprint density at radius 3 is 3.18 bits per heavy atom. The molecule has 2 rings (SSSR count). The number of aliphatic hydroxyl groups excluding tert-OH is 1. The van der Waals surface area contributed by atoms with Gasteiger partial charge in [-0.15, -0.1) is 11.8 Å². The number of aliphatic hydroxyl groups is 1. The van der Waals surface area contributed by atoms with E-state index in [4.69, 9.17) is 4.74 Å². The van der Waals surface area contributed by atoms with Crippen LogP contribution in [-0.2, 0) is 6.42 Å². The Hall–Kier alpha value is -1.46. The average molecular weight is 230 g/mol. The van der Waals surface area contributed by atoms with Crippen molar-refractivity contribution in [2.24, 2.45) is 0 Å². The second-order valence-corrected chi connectivity index (χ2v) is 4.29. The fraction of sp³-hybridized carbons (Fsp3) is 0.467. The van der Waals surface area contributed by atoms with Gasteiger partial charge in [-0.2, -0.15) is 0 Å². The standard InChI is InChI=1S/C15H18O2/c1-2-3-4-10-17-13-9-8-12-6-5-7-15(16)14(12)11-13/h8-9,11,15-16H,4-7,10H2,1H3. The van der Waals surface area contributed by atoms with E-state index in [2.05, 4.69) is 17.9 Å². The normalized spacial score (nSPS) is 17.9. The summed E-state index contributed by atoms with van der Waals surface area (Å²) in [6, 6.07) is 6.02. The molecule has 1 unspecified atom stereocenters. The van der Waals surface area contributed by atoms with Crippen LogP contribution < -0.4 is 4.74 Å². The largest absolute Gasteiger partial charge is 0.493 e. The van der Waals surface area contributed by atoms with Crippen LogP contribution in [0.15, 0.2) is 18.2 Å². The number of hydrogen-bond acceptors (Lipinski definition) is 2. The minimum absolute atomic E-state index is 0.322. The zero-order valence-electron chi connectivity index (χ0n) is 10.2. The van der Waals surface area contributed by atoms with Gasteiger partial charge in [0.2, 0.25) is 0 Å². The lowest BCUT2D eigenvalue weighted by atomic mass is 9.89. The van der Waals surface area contributed by atoms with Gasteiger partial charge in [0.05, 0.1) is 12.7 Å². The van der Waals surface area contributed by atoms with Gasteiger partial charge < -0.3 is 9.84 Å². The Balaban J connectivity index is 2.03. The predicted octanol–water partition coefficient (Wildman–Crippen LogP) is 2.85. The highest BCUT2D eigenvalue weighted by molar-refractivity contribution is 5.38. The molecule has 2 heteroatoms. The van der Waals surface area contributed by atoms with Crippen LogP contribution >= 0.6 is 0 Å². The number of ether oxygens (including phenoxy) is 1. The molecule has 0 fully saturated rings. The first kappa shape index (κ1) is 12.0. The number of hydrogen-bond donors (Lipinski definition) is 1. The van der Waals surface area contributed by atoms with Crippen molar-refractivity contribution in [1.29, 1.82) is 0 Å². The molecule has 1 aromatic carbocycles. The number of aryl methyl sites for hydroxylation is 1. The first-order valence-corrected chi connectivity index (χ1v) is 6.14. The molecular formula is C15H18O2. The Bertz CT molecular complexity index is 440. The quantitative estimate of drug-likeness (QED) is 0.639. The summed E-state index contributed by atoms with van der Waals surface area (Å²) >= 11 is 0. The van der Waals surface area contributed by atoms with Gasteiger partial charge >= 0.3 is 0 Å². The molecule has 0 saturated heterocycles. The van der Waals surface area contributed by atoms with Gasteiger partial charge in [-0.25, -0.2) is 0 Å². The second-order valence-electron chi connectivity index (χ2n) is 4.29. The second kappa shape index (κ2) is 5.75. The van der Waals surface area contributed by atoms with Crippen LogP contribution in [0.25, 0.3) is 0 Å². The van der Waals surface area contributed by atoms with Crippen molar-refractivity contribution >= 4 is 0 Å². The van der Waals surface area contributed by atoms with Gasteiger partial charge in [0, 0.05) is 6.42 Å². The van der Waals surface area contributed by atoms with Crippen LogP contribution in [0.3, 0.4) is 0 Å². The number of benzene rings is 1. The molecule has 17 heavy (non-hydrogen) atoms. The summed E-state index contributed by atoms with van der Waals surface area (Å²) in [6.45, 7) is 2.44. The molecule has 1 atom stereocenters. The third-order valence-electron chi connectivity index (χ3n) is 3.07. The molecule has 90 valence electrons. The highest BCUT2D eigenvalue weighted by Gasteiger charge is 2.18. The lowest BCUT2D eigenvalue weighted by Gasteiger charge is -2.21. The highest BCUT2D eigenvalue weighted by Crippen LogP contribution is 2.32. The van der Waals surface area contributed by atoms with E-state index in [9.17, 15) is 5.11 Å². The predicted molar refractivity (Wildman–Crippen MR) is 67.9 cm³/mol. The first-order chi connectivity index (χ1) is 8.31. The Labute approximate surface area is 103 Å². The summed E-state index contributed by atoms with van der Waals surface area (Å²) in [6.07, 6.45) is 3.42. The fourth-order valence-electron chi connectivity index (χ4n) is 2.19. The number of rotatable bonds is 3. The van der Waals surface area contributed by atoms with Gasteiger partial charge in [0.25, 0.3) is 0 Å². The van der Waals surface area contributed by atoms with Gasteiger partial charge in [-0.1, -0.05) is 6.07 Å². The Morgan fingerprint density at radius 1 is 1.47 bits per heavy atom. The maximum Gasteiger partial charge on any atom is 0.119 e. The Kier molecular flexibility index (Phi) is 4.06. The lowest BCUT2D eigenvalue weighted by Crippen LogP contribution is -2.09. The molecule has 0 aliphatic heterocycles. The molecule has 0 saturated carbocycles. The van der Waals surface area contributed by atoms with Crippen molar-refractivity contribution in [2.45, 2.75) is 38.7 Å². The summed E-state index contributed by atoms with van der Waals surface area (Å²) < 4.78 is 5.61. The van der Waals surface area contributed by atoms with E-state index < -0.39 is 0 Å². The van der Waals surface area contributed by atoms with Crippen molar-refractivity contribution in [3.8, 4) is 17.6 Å². The summed E-state index contributed by atoms with van der Waals surface area (Å²) in [5.41, 5.74) is 2.29. The first-order valence-electron chi connectivity index (χ1n) is 6.14. The zero-order valence-corrected chi connectivity index (χ0v) is 10.2. The van der Waals surface area contributed by atoms with E-state index >= 15 is 0 Å². The summed E-state index contributed by atoms with van der Waals surface area (Å²) in [7, 11) is 0. The van der Waals surface area contributed by atoms with Crippen molar-refractivity contribution in [1.82, 2.24) is 0 Å². The average Bonchev–Trinajstić information content (AvgIpc) is 2.36. The van der Waals surface area contributed by atoms with Crippen LogP contribution in [-0.4, -0.2) is 11.7 Å². The van der Waals surface area contributed by atoms with Crippen LogP contribution in [0.2, 0.25) is 0 Å². The smallest absolute Gasteiger partial charge is 0.119 e. The maximum absolute atomic E-state index is 9.92. The van der Waals surface area contributed by atoms with Gasteiger partial charge in [0.15, 0.2) is 0 Å². The molecule has 0 amide bonds. The minimum Gasteiger partial charge on any atom is -0.493 e. The van der Waals surface area contributed by atoms with Gasteiger partial charge in [0.1, 0.15) is 5.75 Å². The van der Waals surface area contributed by atoms with Gasteiger partial charge in [-0.3, -0.25) is 0 Å². The molecule has 0 radical (unpaired) electrons. The van der Waals surface area contributed by atoms with E-state index in [1.807, 2.05) is 19.1 Å². The minimum atomic E-state index is -0.322. The van der Waals surface area contributed by atoms with E-state index in [1.165, 1.54) is 5.56 Å². The van der Waals surface area contributed by atoms with Crippen LogP contribution in [0.5, 0.6) is 5.75 Å². The summed E-state index contributed by atoms with van der Waals surface area (Å²) in [4.78, 5) is 0. The Morgan fingerprint density at radius 2 is 2.35 bits per heavy atom. The topological polar surface area (TPSA) is 29.5 Å². The van der Waals surface area contributed by atoms with E-state index in [0.717, 1.165) is 37.0 Å². The van der Waals surface area contributed by atoms with E-state index in [1.54, 1.807) is 0 Å².